The van der Waals surface area contributed by atoms with Gasteiger partial charge in [-0.25, -0.2) is 0 Å². The quantitative estimate of drug-likeness (QED) is 0.353. The zero-order valence-electron chi connectivity index (χ0n) is 24.1. The van der Waals surface area contributed by atoms with Gasteiger partial charge in [-0.1, -0.05) is 67.6 Å². The number of carbonyl (C=O) groups is 3. The molecule has 0 aliphatic carbocycles. The van der Waals surface area contributed by atoms with Gasteiger partial charge in [-0.15, -0.1) is 11.8 Å². The van der Waals surface area contributed by atoms with E-state index in [1.807, 2.05) is 92.7 Å². The maximum absolute atomic E-state index is 14.6. The summed E-state index contributed by atoms with van der Waals surface area (Å²) in [5, 5.41) is 16.8. The van der Waals surface area contributed by atoms with Crippen LogP contribution in [-0.2, 0) is 20.8 Å². The van der Waals surface area contributed by atoms with Crippen LogP contribution in [0, 0.1) is 31.6 Å². The average Bonchev–Trinajstić information content (AvgIpc) is 3.58. The Morgan fingerprint density at radius 2 is 1.69 bits per heavy atom. The molecule has 0 saturated carbocycles. The molecule has 3 N–H and O–H groups in total. The van der Waals surface area contributed by atoms with Crippen LogP contribution in [0.25, 0.3) is 0 Å². The smallest absolute Gasteiger partial charge is 0.248 e. The van der Waals surface area contributed by atoms with E-state index in [4.69, 9.17) is 0 Å². The molecule has 3 aliphatic rings. The largest absolute Gasteiger partial charge is 0.394 e. The molecule has 3 saturated heterocycles. The molecule has 7 atom stereocenters. The van der Waals surface area contributed by atoms with Crippen LogP contribution in [0.3, 0.4) is 0 Å². The van der Waals surface area contributed by atoms with Gasteiger partial charge < -0.3 is 20.6 Å². The molecular weight excluding hydrogens is 546 g/mol. The molecular formula is C34H37N3O4S. The van der Waals surface area contributed by atoms with Crippen LogP contribution in [0.1, 0.15) is 30.0 Å². The van der Waals surface area contributed by atoms with Crippen molar-refractivity contribution in [2.45, 2.75) is 55.7 Å². The fourth-order valence-corrected chi connectivity index (χ4v) is 9.82. The number of nitrogens with one attached hydrogen (secondary N) is 2. The number of benzene rings is 3. The normalized spacial score (nSPS) is 28.4. The number of nitrogens with zero attached hydrogens (tertiary/aromatic N) is 1. The van der Waals surface area contributed by atoms with Gasteiger partial charge >= 0.3 is 0 Å². The molecule has 1 spiro atoms. The van der Waals surface area contributed by atoms with Crippen molar-refractivity contribution in [1.29, 1.82) is 0 Å². The van der Waals surface area contributed by atoms with Gasteiger partial charge in [0.1, 0.15) is 6.04 Å². The van der Waals surface area contributed by atoms with Gasteiger partial charge in [0, 0.05) is 16.6 Å². The molecule has 42 heavy (non-hydrogen) atoms. The highest BCUT2D eigenvalue weighted by molar-refractivity contribution is 8.02. The third-order valence-corrected chi connectivity index (χ3v) is 11.4. The summed E-state index contributed by atoms with van der Waals surface area (Å²) in [6, 6.07) is 23.5. The van der Waals surface area contributed by atoms with Crippen molar-refractivity contribution in [3.63, 3.8) is 0 Å². The number of hydrogen-bond acceptors (Lipinski definition) is 5. The summed E-state index contributed by atoms with van der Waals surface area (Å²) in [6.07, 6.45) is 1.15. The zero-order chi connectivity index (χ0) is 29.6. The lowest BCUT2D eigenvalue weighted by molar-refractivity contribution is -0.141. The monoisotopic (exact) mass is 583 g/mol. The number of thioether (sulfide) groups is 1. The molecule has 3 heterocycles. The maximum Gasteiger partial charge on any atom is 0.248 e. The molecule has 3 aromatic rings. The van der Waals surface area contributed by atoms with Crippen LogP contribution in [0.5, 0.6) is 0 Å². The Morgan fingerprint density at radius 1 is 1.00 bits per heavy atom. The van der Waals surface area contributed by atoms with Gasteiger partial charge in [0.05, 0.1) is 29.2 Å². The van der Waals surface area contributed by atoms with Gasteiger partial charge in [-0.05, 0) is 67.5 Å². The van der Waals surface area contributed by atoms with E-state index < -0.39 is 28.7 Å². The van der Waals surface area contributed by atoms with Crippen molar-refractivity contribution in [2.75, 3.05) is 17.2 Å². The van der Waals surface area contributed by atoms with Crippen molar-refractivity contribution in [3.05, 3.63) is 95.6 Å². The second-order valence-corrected chi connectivity index (χ2v) is 13.5. The van der Waals surface area contributed by atoms with Crippen LogP contribution in [0.4, 0.5) is 11.4 Å². The molecule has 7 nitrogen and oxygen atoms in total. The van der Waals surface area contributed by atoms with E-state index in [9.17, 15) is 19.5 Å². The van der Waals surface area contributed by atoms with E-state index in [1.54, 1.807) is 16.7 Å². The third kappa shape index (κ3) is 4.71. The number of aliphatic hydroxyl groups is 1. The van der Waals surface area contributed by atoms with Gasteiger partial charge in [0.25, 0.3) is 0 Å². The number of hydrogen-bond donors (Lipinski definition) is 3. The number of aryl methyl sites for hydroxylation is 2. The van der Waals surface area contributed by atoms with Gasteiger partial charge in [-0.3, -0.25) is 14.4 Å². The Hall–Kier alpha value is -3.62. The second-order valence-electron chi connectivity index (χ2n) is 12.0. The summed E-state index contributed by atoms with van der Waals surface area (Å²) >= 11 is 1.63. The van der Waals surface area contributed by atoms with Crippen molar-refractivity contribution in [3.8, 4) is 0 Å². The first-order valence-electron chi connectivity index (χ1n) is 14.6. The van der Waals surface area contributed by atoms with E-state index in [0.29, 0.717) is 17.8 Å². The lowest BCUT2D eigenvalue weighted by Gasteiger charge is -2.40. The Labute approximate surface area is 251 Å². The number of amides is 3. The first-order valence-corrected chi connectivity index (χ1v) is 15.5. The number of rotatable bonds is 8. The molecule has 3 amide bonds. The Balaban J connectivity index is 1.41. The molecule has 2 bridgehead atoms. The first-order chi connectivity index (χ1) is 20.2. The summed E-state index contributed by atoms with van der Waals surface area (Å²) in [4.78, 5) is 44.5. The summed E-state index contributed by atoms with van der Waals surface area (Å²) in [7, 11) is 0. The van der Waals surface area contributed by atoms with E-state index in [1.165, 1.54) is 0 Å². The Bertz CT molecular complexity index is 1500. The third-order valence-electron chi connectivity index (χ3n) is 9.35. The zero-order valence-corrected chi connectivity index (χ0v) is 24.9. The predicted molar refractivity (Wildman–Crippen MR) is 166 cm³/mol. The average molecular weight is 584 g/mol. The molecule has 3 unspecified atom stereocenters. The van der Waals surface area contributed by atoms with Gasteiger partial charge in [-0.2, -0.15) is 0 Å². The number of para-hydroxylation sites is 1. The fourth-order valence-electron chi connectivity index (χ4n) is 7.41. The topological polar surface area (TPSA) is 98.7 Å². The Morgan fingerprint density at radius 3 is 2.38 bits per heavy atom. The number of fused-ring (bicyclic) bond motifs is 1. The van der Waals surface area contributed by atoms with Crippen LogP contribution in [0.15, 0.2) is 78.9 Å². The van der Waals surface area contributed by atoms with Gasteiger partial charge in [0.2, 0.25) is 17.7 Å². The highest BCUT2D eigenvalue weighted by Gasteiger charge is 2.76. The predicted octanol–water partition coefficient (Wildman–Crippen LogP) is 4.82. The fraction of sp³-hybridized carbons (Fsp3) is 0.382. The molecule has 0 radical (unpaired) electrons. The number of carbonyl (C=O) groups excluding carboxylic acids is 3. The molecule has 3 aromatic carbocycles. The molecule has 0 aromatic heterocycles. The van der Waals surface area contributed by atoms with Gasteiger partial charge in [0.15, 0.2) is 0 Å². The summed E-state index contributed by atoms with van der Waals surface area (Å²) in [5.74, 6) is -1.89. The molecule has 3 aliphatic heterocycles. The SMILES string of the molecule is Cc1ccc(C)c(NC(=O)C2N([C@@H](CO)Cc3ccccc3)C(=O)[C@@H]3[C@H](C(=O)Nc4ccccc4)[C@@H]4CC(C)C23S4)c1. The van der Waals surface area contributed by atoms with Crippen molar-refractivity contribution in [1.82, 2.24) is 4.90 Å². The van der Waals surface area contributed by atoms with Crippen LogP contribution < -0.4 is 10.6 Å². The van der Waals surface area contributed by atoms with E-state index >= 15 is 0 Å². The van der Waals surface area contributed by atoms with Crippen molar-refractivity contribution < 1.29 is 19.5 Å². The lowest BCUT2D eigenvalue weighted by Crippen LogP contribution is -2.57. The van der Waals surface area contributed by atoms with Crippen molar-refractivity contribution >= 4 is 40.9 Å². The van der Waals surface area contributed by atoms with Crippen LogP contribution in [-0.4, -0.2) is 56.4 Å². The number of aliphatic hydroxyl groups excluding tert-OH is 1. The number of likely N-dealkylation sites (tertiary alicyclic amines) is 1. The molecule has 3 fully saturated rings. The van der Waals surface area contributed by atoms with Crippen LogP contribution in [0.2, 0.25) is 0 Å². The highest BCUT2D eigenvalue weighted by atomic mass is 32.2. The minimum Gasteiger partial charge on any atom is -0.394 e. The lowest BCUT2D eigenvalue weighted by atomic mass is 9.66. The van der Waals surface area contributed by atoms with E-state index in [0.717, 1.165) is 23.1 Å². The maximum atomic E-state index is 14.6. The van der Waals surface area contributed by atoms with E-state index in [2.05, 4.69) is 17.6 Å². The summed E-state index contributed by atoms with van der Waals surface area (Å²) in [5.41, 5.74) is 4.31. The number of anilines is 2. The minimum absolute atomic E-state index is 0.0256. The second kappa shape index (κ2) is 11.2. The summed E-state index contributed by atoms with van der Waals surface area (Å²) < 4.78 is -0.785. The molecule has 8 heteroatoms. The molecule has 218 valence electrons. The van der Waals surface area contributed by atoms with Crippen LogP contribution >= 0.6 is 11.8 Å². The van der Waals surface area contributed by atoms with E-state index in [-0.39, 0.29) is 35.5 Å². The first kappa shape index (κ1) is 28.5. The summed E-state index contributed by atoms with van der Waals surface area (Å²) in [6.45, 7) is 5.73. The minimum atomic E-state index is -0.838. The molecule has 6 rings (SSSR count). The highest BCUT2D eigenvalue weighted by Crippen LogP contribution is 2.69. The Kier molecular flexibility index (Phi) is 7.62. The van der Waals surface area contributed by atoms with Crippen molar-refractivity contribution in [2.24, 2.45) is 17.8 Å². The standard InChI is InChI=1S/C34H37N3O4S/c1-20-14-15-21(2)26(16-20)36-32(40)30-34-22(3)17-27(42-34)28(31(39)35-24-12-8-5-9-13-24)29(34)33(41)37(30)25(19-38)18-23-10-6-4-7-11-23/h4-16,22,25,27-30,38H,17-19H2,1-3H3,(H,35,39)(H,36,40)/t22?,25-,27+,28-,29+,30?,34?/m1/s1.